The van der Waals surface area contributed by atoms with E-state index in [1.54, 1.807) is 0 Å². The van der Waals surface area contributed by atoms with Crippen LogP contribution in [-0.4, -0.2) is 15.0 Å². The van der Waals surface area contributed by atoms with Crippen molar-refractivity contribution >= 4 is 43.9 Å². The summed E-state index contributed by atoms with van der Waals surface area (Å²) in [6, 6.07) is 53.5. The van der Waals surface area contributed by atoms with Crippen LogP contribution in [0.3, 0.4) is 0 Å². The van der Waals surface area contributed by atoms with Crippen LogP contribution in [0.15, 0.2) is 173 Å². The van der Waals surface area contributed by atoms with Crippen LogP contribution in [-0.2, 0) is 0 Å². The topological polar surface area (TPSA) is 65.0 Å². The lowest BCUT2D eigenvalue weighted by Crippen LogP contribution is -1.98. The van der Waals surface area contributed by atoms with Gasteiger partial charge in [0.25, 0.3) is 0 Å². The molecule has 10 rings (SSSR count). The van der Waals surface area contributed by atoms with Crippen LogP contribution in [0.2, 0.25) is 0 Å². The Balaban J connectivity index is 1.26. The largest absolute Gasteiger partial charge is 0.456 e. The van der Waals surface area contributed by atoms with Gasteiger partial charge in [-0.2, -0.15) is 0 Å². The summed E-state index contributed by atoms with van der Waals surface area (Å²) in [5.41, 5.74) is 11.7. The number of rotatable bonds is 5. The highest BCUT2D eigenvalue weighted by atomic mass is 16.3. The molecule has 0 bridgehead atoms. The molecular formula is C45H27N3O2. The van der Waals surface area contributed by atoms with E-state index in [9.17, 15) is 0 Å². The number of pyridine rings is 1. The first kappa shape index (κ1) is 28.2. The summed E-state index contributed by atoms with van der Waals surface area (Å²) < 4.78 is 13.1. The number of furan rings is 2. The number of hydrogen-bond donors (Lipinski definition) is 0. The highest BCUT2D eigenvalue weighted by Gasteiger charge is 2.22. The normalized spacial score (nSPS) is 11.6. The van der Waals surface area contributed by atoms with E-state index in [2.05, 4.69) is 83.8 Å². The van der Waals surface area contributed by atoms with Gasteiger partial charge in [-0.25, -0.2) is 9.97 Å². The highest BCUT2D eigenvalue weighted by Crippen LogP contribution is 2.45. The number of nitrogens with zero attached hydrogens (tertiary/aromatic N) is 3. The van der Waals surface area contributed by atoms with E-state index in [-0.39, 0.29) is 0 Å². The van der Waals surface area contributed by atoms with Crippen LogP contribution in [0, 0.1) is 0 Å². The van der Waals surface area contributed by atoms with E-state index < -0.39 is 0 Å². The van der Waals surface area contributed by atoms with Gasteiger partial charge in [-0.1, -0.05) is 115 Å². The fraction of sp³-hybridized carbons (Fsp3) is 0. The van der Waals surface area contributed by atoms with Crippen molar-refractivity contribution in [1.29, 1.82) is 0 Å². The van der Waals surface area contributed by atoms with Gasteiger partial charge in [0.1, 0.15) is 22.3 Å². The average Bonchev–Trinajstić information content (AvgIpc) is 3.77. The van der Waals surface area contributed by atoms with Gasteiger partial charge < -0.3 is 8.83 Å². The van der Waals surface area contributed by atoms with Crippen molar-refractivity contribution in [2.45, 2.75) is 0 Å². The molecule has 0 aliphatic rings. The average molecular weight is 642 g/mol. The quantitative estimate of drug-likeness (QED) is 0.187. The van der Waals surface area contributed by atoms with Gasteiger partial charge in [0, 0.05) is 50.0 Å². The molecule has 6 aromatic carbocycles. The van der Waals surface area contributed by atoms with Crippen LogP contribution < -0.4 is 0 Å². The van der Waals surface area contributed by atoms with E-state index >= 15 is 0 Å². The van der Waals surface area contributed by atoms with E-state index in [0.717, 1.165) is 94.3 Å². The summed E-state index contributed by atoms with van der Waals surface area (Å²) in [6.07, 6.45) is 1.81. The molecule has 0 N–H and O–H groups in total. The van der Waals surface area contributed by atoms with Gasteiger partial charge in [0.15, 0.2) is 5.82 Å². The molecular weight excluding hydrogens is 615 g/mol. The SMILES string of the molecule is c1ccc(-c2cc(-c3ccc(-c4cccc5oc6ccccc6c45)c4c3oc3ccccc34)nc(-c3ccccc3-c3ccccn3)n2)cc1. The maximum Gasteiger partial charge on any atom is 0.161 e. The smallest absolute Gasteiger partial charge is 0.161 e. The summed E-state index contributed by atoms with van der Waals surface area (Å²) in [5.74, 6) is 0.616. The first-order valence-electron chi connectivity index (χ1n) is 16.6. The van der Waals surface area contributed by atoms with Crippen molar-refractivity contribution < 1.29 is 8.83 Å². The molecule has 0 atom stereocenters. The van der Waals surface area contributed by atoms with Crippen molar-refractivity contribution in [3.8, 4) is 56.3 Å². The molecule has 0 saturated carbocycles. The predicted octanol–water partition coefficient (Wildman–Crippen LogP) is 12.0. The fourth-order valence-corrected chi connectivity index (χ4v) is 7.14. The molecule has 4 heterocycles. The van der Waals surface area contributed by atoms with Crippen molar-refractivity contribution in [2.24, 2.45) is 0 Å². The first-order valence-corrected chi connectivity index (χ1v) is 16.6. The Bertz CT molecular complexity index is 2870. The molecule has 0 amide bonds. The zero-order valence-electron chi connectivity index (χ0n) is 26.7. The minimum absolute atomic E-state index is 0.616. The van der Waals surface area contributed by atoms with E-state index in [1.165, 1.54) is 0 Å². The molecule has 0 radical (unpaired) electrons. The maximum atomic E-state index is 6.77. The Hall–Kier alpha value is -6.85. The summed E-state index contributed by atoms with van der Waals surface area (Å²) in [6.45, 7) is 0. The van der Waals surface area contributed by atoms with Crippen molar-refractivity contribution in [3.63, 3.8) is 0 Å². The van der Waals surface area contributed by atoms with Crippen LogP contribution in [0.25, 0.3) is 100 Å². The standard InChI is InChI=1S/C45H27N3O2/c1-2-13-28(14-3-1)37-27-38(48-45(47-37)32-16-5-4-15-29(32)36-20-10-11-26-46-36)33-25-24-31(43-35-18-7-9-22-40(35)50-44(33)43)30-19-12-23-41-42(30)34-17-6-8-21-39(34)49-41/h1-27H. The molecule has 4 aromatic heterocycles. The summed E-state index contributed by atoms with van der Waals surface area (Å²) in [5, 5.41) is 4.25. The molecule has 234 valence electrons. The van der Waals surface area contributed by atoms with Crippen molar-refractivity contribution in [1.82, 2.24) is 15.0 Å². The van der Waals surface area contributed by atoms with Crippen LogP contribution in [0.5, 0.6) is 0 Å². The molecule has 0 aliphatic heterocycles. The molecule has 0 saturated heterocycles. The van der Waals surface area contributed by atoms with Gasteiger partial charge in [-0.05, 0) is 53.6 Å². The number of hydrogen-bond acceptors (Lipinski definition) is 5. The maximum absolute atomic E-state index is 6.77. The lowest BCUT2D eigenvalue weighted by Gasteiger charge is -2.13. The number of aromatic nitrogens is 3. The predicted molar refractivity (Wildman–Crippen MR) is 202 cm³/mol. The second kappa shape index (κ2) is 11.4. The van der Waals surface area contributed by atoms with Crippen LogP contribution in [0.1, 0.15) is 0 Å². The van der Waals surface area contributed by atoms with E-state index in [4.69, 9.17) is 18.8 Å². The molecule has 5 heteroatoms. The Morgan fingerprint density at radius 1 is 0.380 bits per heavy atom. The Morgan fingerprint density at radius 2 is 1.00 bits per heavy atom. The van der Waals surface area contributed by atoms with Gasteiger partial charge in [0.05, 0.1) is 17.1 Å². The summed E-state index contributed by atoms with van der Waals surface area (Å²) in [7, 11) is 0. The van der Waals surface area contributed by atoms with Crippen LogP contribution >= 0.6 is 0 Å². The van der Waals surface area contributed by atoms with Gasteiger partial charge in [0.2, 0.25) is 0 Å². The summed E-state index contributed by atoms with van der Waals surface area (Å²) in [4.78, 5) is 15.1. The lowest BCUT2D eigenvalue weighted by molar-refractivity contribution is 0.668. The van der Waals surface area contributed by atoms with Crippen molar-refractivity contribution in [3.05, 3.63) is 164 Å². The summed E-state index contributed by atoms with van der Waals surface area (Å²) >= 11 is 0. The van der Waals surface area contributed by atoms with Crippen LogP contribution in [0.4, 0.5) is 0 Å². The van der Waals surface area contributed by atoms with E-state index in [1.807, 2.05) is 85.1 Å². The molecule has 0 fully saturated rings. The molecule has 5 nitrogen and oxygen atoms in total. The fourth-order valence-electron chi connectivity index (χ4n) is 7.14. The number of fused-ring (bicyclic) bond motifs is 6. The molecule has 50 heavy (non-hydrogen) atoms. The van der Waals surface area contributed by atoms with Gasteiger partial charge in [-0.15, -0.1) is 0 Å². The number of para-hydroxylation sites is 2. The number of benzene rings is 6. The third kappa shape index (κ3) is 4.52. The minimum Gasteiger partial charge on any atom is -0.456 e. The molecule has 10 aromatic rings. The zero-order chi connectivity index (χ0) is 33.0. The highest BCUT2D eigenvalue weighted by molar-refractivity contribution is 6.21. The first-order chi connectivity index (χ1) is 24.8. The second-order valence-electron chi connectivity index (χ2n) is 12.3. The molecule has 0 spiro atoms. The monoisotopic (exact) mass is 641 g/mol. The Kier molecular flexibility index (Phi) is 6.42. The Morgan fingerprint density at radius 3 is 1.82 bits per heavy atom. The Labute approximate surface area is 287 Å². The molecule has 0 aliphatic carbocycles. The third-order valence-corrected chi connectivity index (χ3v) is 9.40. The van der Waals surface area contributed by atoms with Gasteiger partial charge in [-0.3, -0.25) is 4.98 Å². The van der Waals surface area contributed by atoms with Crippen molar-refractivity contribution in [2.75, 3.05) is 0 Å². The third-order valence-electron chi connectivity index (χ3n) is 9.40. The lowest BCUT2D eigenvalue weighted by atomic mass is 9.93. The van der Waals surface area contributed by atoms with Gasteiger partial charge >= 0.3 is 0 Å². The second-order valence-corrected chi connectivity index (χ2v) is 12.3. The zero-order valence-corrected chi connectivity index (χ0v) is 26.7. The molecule has 0 unspecified atom stereocenters. The van der Waals surface area contributed by atoms with E-state index in [0.29, 0.717) is 5.82 Å². The minimum atomic E-state index is 0.616.